The first kappa shape index (κ1) is 32.6. The maximum Gasteiger partial charge on any atom is 0.160 e. The largest absolute Gasteiger partial charge is 0.244 e. The van der Waals surface area contributed by atoms with Crippen LogP contribution in [-0.4, -0.2) is 19.9 Å². The molecule has 244 valence electrons. The number of benzene rings is 5. The normalized spacial score (nSPS) is 11.8. The lowest BCUT2D eigenvalue weighted by Crippen LogP contribution is -2.10. The number of aromatic nitrogens is 4. The molecule has 0 aliphatic rings. The molecule has 0 fully saturated rings. The Balaban J connectivity index is 1.32. The van der Waals surface area contributed by atoms with E-state index in [1.165, 1.54) is 11.1 Å². The van der Waals surface area contributed by atoms with Crippen molar-refractivity contribution in [2.75, 3.05) is 0 Å². The summed E-state index contributed by atoms with van der Waals surface area (Å²) in [5.41, 5.74) is 13.0. The van der Waals surface area contributed by atoms with E-state index in [-0.39, 0.29) is 10.8 Å². The number of hydrogen-bond acceptors (Lipinski definition) is 5. The first-order chi connectivity index (χ1) is 24.0. The van der Waals surface area contributed by atoms with E-state index in [1.807, 2.05) is 48.5 Å². The van der Waals surface area contributed by atoms with Crippen LogP contribution in [0.5, 0.6) is 0 Å². The van der Waals surface area contributed by atoms with Crippen LogP contribution in [0.4, 0.5) is 0 Å². The lowest BCUT2D eigenvalue weighted by molar-refractivity contribution is 0.590. The third-order valence-electron chi connectivity index (χ3n) is 9.09. The monoisotopic (exact) mass is 649 g/mol. The number of nitriles is 1. The van der Waals surface area contributed by atoms with Crippen molar-refractivity contribution in [1.82, 2.24) is 19.9 Å². The molecule has 7 rings (SSSR count). The fourth-order valence-corrected chi connectivity index (χ4v) is 6.04. The van der Waals surface area contributed by atoms with Gasteiger partial charge in [0.15, 0.2) is 5.82 Å². The second-order valence-electron chi connectivity index (χ2n) is 14.8. The topological polar surface area (TPSA) is 75.3 Å². The SMILES string of the molecule is CC(C)(C)c1ccc(-c2cc(-c3ccc(C(C)(C)C)cc3)nc(-c3ccc(-c4nc5ccccc5nc4-c4ccc(C#N)cc4)cc3)n2)cc1. The Bertz CT molecular complexity index is 2280. The van der Waals surface area contributed by atoms with Crippen molar-refractivity contribution >= 4 is 11.0 Å². The average Bonchev–Trinajstić information content (AvgIpc) is 3.13. The average molecular weight is 650 g/mol. The molecule has 0 amide bonds. The molecule has 2 aromatic heterocycles. The molecule has 0 spiro atoms. The standard InChI is InChI=1S/C45H39N5/c1-44(2,3)35-23-19-30(20-24-35)39-27-40(31-21-25-36(26-22-31)45(4,5)6)50-43(49-39)34-17-15-33(16-18-34)42-41(32-13-11-29(28-46)12-14-32)47-37-9-7-8-10-38(37)48-42/h7-27H,1-6H3. The maximum absolute atomic E-state index is 9.35. The molecule has 0 unspecified atom stereocenters. The van der Waals surface area contributed by atoms with E-state index in [0.717, 1.165) is 61.6 Å². The Kier molecular flexibility index (Phi) is 8.33. The molecule has 0 saturated carbocycles. The summed E-state index contributed by atoms with van der Waals surface area (Å²) in [7, 11) is 0. The predicted molar refractivity (Wildman–Crippen MR) is 204 cm³/mol. The molecule has 0 saturated heterocycles. The van der Waals surface area contributed by atoms with Gasteiger partial charge in [0, 0.05) is 27.8 Å². The molecule has 0 atom stereocenters. The zero-order valence-corrected chi connectivity index (χ0v) is 29.4. The van der Waals surface area contributed by atoms with Crippen molar-refractivity contribution in [1.29, 1.82) is 5.26 Å². The van der Waals surface area contributed by atoms with Gasteiger partial charge in [0.2, 0.25) is 0 Å². The van der Waals surface area contributed by atoms with Gasteiger partial charge < -0.3 is 0 Å². The van der Waals surface area contributed by atoms with Crippen LogP contribution < -0.4 is 0 Å². The molecular formula is C45H39N5. The summed E-state index contributed by atoms with van der Waals surface area (Å²) in [5.74, 6) is 0.653. The summed E-state index contributed by atoms with van der Waals surface area (Å²) < 4.78 is 0. The Morgan fingerprint density at radius 1 is 0.440 bits per heavy atom. The van der Waals surface area contributed by atoms with Gasteiger partial charge >= 0.3 is 0 Å². The van der Waals surface area contributed by atoms with Crippen LogP contribution >= 0.6 is 0 Å². The van der Waals surface area contributed by atoms with Gasteiger partial charge in [-0.25, -0.2) is 19.9 Å². The second-order valence-corrected chi connectivity index (χ2v) is 14.8. The molecule has 0 radical (unpaired) electrons. The number of nitrogens with zero attached hydrogens (tertiary/aromatic N) is 5. The van der Waals surface area contributed by atoms with Crippen LogP contribution in [-0.2, 0) is 10.8 Å². The molecule has 0 bridgehead atoms. The Labute approximate surface area is 294 Å². The molecule has 50 heavy (non-hydrogen) atoms. The first-order valence-corrected chi connectivity index (χ1v) is 17.0. The fourth-order valence-electron chi connectivity index (χ4n) is 6.04. The van der Waals surface area contributed by atoms with Crippen molar-refractivity contribution in [2.24, 2.45) is 0 Å². The van der Waals surface area contributed by atoms with Gasteiger partial charge in [-0.2, -0.15) is 5.26 Å². The maximum atomic E-state index is 9.35. The molecule has 0 aliphatic heterocycles. The van der Waals surface area contributed by atoms with E-state index < -0.39 is 0 Å². The van der Waals surface area contributed by atoms with E-state index in [4.69, 9.17) is 19.9 Å². The van der Waals surface area contributed by atoms with Crippen molar-refractivity contribution in [3.8, 4) is 62.5 Å². The highest BCUT2D eigenvalue weighted by Gasteiger charge is 2.18. The van der Waals surface area contributed by atoms with E-state index in [1.54, 1.807) is 0 Å². The van der Waals surface area contributed by atoms with Gasteiger partial charge in [-0.1, -0.05) is 139 Å². The van der Waals surface area contributed by atoms with E-state index in [0.29, 0.717) is 11.4 Å². The Morgan fingerprint density at radius 3 is 1.22 bits per heavy atom. The molecule has 7 aromatic rings. The molecule has 0 N–H and O–H groups in total. The molecule has 5 nitrogen and oxygen atoms in total. The zero-order valence-electron chi connectivity index (χ0n) is 29.4. The third-order valence-corrected chi connectivity index (χ3v) is 9.09. The van der Waals surface area contributed by atoms with Crippen molar-refractivity contribution in [2.45, 2.75) is 52.4 Å². The van der Waals surface area contributed by atoms with Gasteiger partial charge in [-0.05, 0) is 52.3 Å². The lowest BCUT2D eigenvalue weighted by atomic mass is 9.86. The van der Waals surface area contributed by atoms with Crippen LogP contribution in [0.3, 0.4) is 0 Å². The van der Waals surface area contributed by atoms with Crippen LogP contribution in [0.25, 0.3) is 67.5 Å². The van der Waals surface area contributed by atoms with Crippen LogP contribution in [0, 0.1) is 11.3 Å². The summed E-state index contributed by atoms with van der Waals surface area (Å²) in [4.78, 5) is 20.3. The highest BCUT2D eigenvalue weighted by Crippen LogP contribution is 2.34. The molecule has 2 heterocycles. The van der Waals surface area contributed by atoms with E-state index in [9.17, 15) is 5.26 Å². The van der Waals surface area contributed by atoms with Crippen LogP contribution in [0.15, 0.2) is 127 Å². The summed E-state index contributed by atoms with van der Waals surface area (Å²) in [5, 5.41) is 9.35. The van der Waals surface area contributed by atoms with E-state index in [2.05, 4.69) is 126 Å². The zero-order chi connectivity index (χ0) is 35.0. The predicted octanol–water partition coefficient (Wildman–Crippen LogP) is 11.2. The summed E-state index contributed by atoms with van der Waals surface area (Å²) >= 11 is 0. The molecular weight excluding hydrogens is 611 g/mol. The molecule has 5 aromatic carbocycles. The van der Waals surface area contributed by atoms with Crippen molar-refractivity contribution < 1.29 is 0 Å². The second kappa shape index (κ2) is 12.8. The Hall–Kier alpha value is -5.99. The van der Waals surface area contributed by atoms with Gasteiger partial charge in [-0.15, -0.1) is 0 Å². The number of rotatable bonds is 5. The highest BCUT2D eigenvalue weighted by molar-refractivity contribution is 5.86. The Morgan fingerprint density at radius 2 is 0.820 bits per heavy atom. The van der Waals surface area contributed by atoms with Gasteiger partial charge in [-0.3, -0.25) is 0 Å². The smallest absolute Gasteiger partial charge is 0.160 e. The van der Waals surface area contributed by atoms with Crippen LogP contribution in [0.1, 0.15) is 58.2 Å². The van der Waals surface area contributed by atoms with Gasteiger partial charge in [0.05, 0.1) is 45.4 Å². The molecule has 5 heteroatoms. The summed E-state index contributed by atoms with van der Waals surface area (Å²) in [6, 6.07) is 45.3. The minimum absolute atomic E-state index is 0.0619. The minimum Gasteiger partial charge on any atom is -0.244 e. The van der Waals surface area contributed by atoms with Gasteiger partial charge in [0.1, 0.15) is 0 Å². The summed E-state index contributed by atoms with van der Waals surface area (Å²) in [6.07, 6.45) is 0. The number of para-hydroxylation sites is 2. The summed E-state index contributed by atoms with van der Waals surface area (Å²) in [6.45, 7) is 13.4. The van der Waals surface area contributed by atoms with Crippen molar-refractivity contribution in [3.63, 3.8) is 0 Å². The fraction of sp³-hybridized carbons (Fsp3) is 0.178. The third kappa shape index (κ3) is 6.66. The quantitative estimate of drug-likeness (QED) is 0.185. The van der Waals surface area contributed by atoms with Crippen LogP contribution in [0.2, 0.25) is 0 Å². The highest BCUT2D eigenvalue weighted by atomic mass is 14.9. The lowest BCUT2D eigenvalue weighted by Gasteiger charge is -2.19. The molecule has 0 aliphatic carbocycles. The van der Waals surface area contributed by atoms with E-state index >= 15 is 0 Å². The van der Waals surface area contributed by atoms with Crippen molar-refractivity contribution in [3.05, 3.63) is 144 Å². The number of fused-ring (bicyclic) bond motifs is 1. The first-order valence-electron chi connectivity index (χ1n) is 17.0. The minimum atomic E-state index is 0.0619. The number of hydrogen-bond donors (Lipinski definition) is 0. The van der Waals surface area contributed by atoms with Gasteiger partial charge in [0.25, 0.3) is 0 Å².